The van der Waals surface area contributed by atoms with Crippen molar-refractivity contribution < 1.29 is 77.0 Å². The molecule has 0 radical (unpaired) electrons. The molecule has 72 heavy (non-hydrogen) atoms. The van der Waals surface area contributed by atoms with Gasteiger partial charge in [0.05, 0.1) is 53.4 Å². The number of hydrogen-bond donors (Lipinski definition) is 3. The Morgan fingerprint density at radius 1 is 0.639 bits per heavy atom. The van der Waals surface area contributed by atoms with Crippen LogP contribution in [0.15, 0.2) is 60.7 Å². The number of rotatable bonds is 14. The Labute approximate surface area is 424 Å². The zero-order valence-corrected chi connectivity index (χ0v) is 43.5. The van der Waals surface area contributed by atoms with Gasteiger partial charge < -0.3 is 67.4 Å². The number of esters is 2. The first-order valence-corrected chi connectivity index (χ1v) is 26.6. The number of carbonyl (C=O) groups excluding carboxylic acids is 2. The second kappa shape index (κ2) is 21.9. The molecule has 4 saturated carbocycles. The van der Waals surface area contributed by atoms with Crippen LogP contribution in [0.5, 0.6) is 0 Å². The molecule has 0 aromatic heterocycles. The molecule has 4 aliphatic carbocycles. The molecule has 7 aliphatic rings. The molecule has 2 aromatic rings. The topological polar surface area (TPSA) is 196 Å². The minimum atomic E-state index is -1.23. The van der Waals surface area contributed by atoms with Gasteiger partial charge in [-0.05, 0) is 126 Å². The number of methoxy groups -OCH3 is 3. The number of ether oxygens (including phenoxy) is 11. The van der Waals surface area contributed by atoms with Gasteiger partial charge in [-0.3, -0.25) is 0 Å². The summed E-state index contributed by atoms with van der Waals surface area (Å²) in [6.07, 6.45) is -3.11. The van der Waals surface area contributed by atoms with Gasteiger partial charge in [-0.1, -0.05) is 50.2 Å². The van der Waals surface area contributed by atoms with Crippen molar-refractivity contribution in [2.75, 3.05) is 21.3 Å². The fraction of sp³-hybridized carbons (Fsp3) is 0.750. The molecule has 2 aromatic carbocycles. The van der Waals surface area contributed by atoms with E-state index in [-0.39, 0.29) is 35.4 Å². The zero-order valence-electron chi connectivity index (χ0n) is 43.5. The van der Waals surface area contributed by atoms with E-state index < -0.39 is 109 Å². The Morgan fingerprint density at radius 3 is 1.85 bits per heavy atom. The molecule has 16 nitrogen and oxygen atoms in total. The Morgan fingerprint density at radius 2 is 1.24 bits per heavy atom. The first-order chi connectivity index (χ1) is 34.4. The molecule has 0 bridgehead atoms. The minimum Gasteiger partial charge on any atom is -0.459 e. The van der Waals surface area contributed by atoms with E-state index in [4.69, 9.17) is 52.1 Å². The molecule has 3 heterocycles. The lowest BCUT2D eigenvalue weighted by Crippen LogP contribution is -2.68. The summed E-state index contributed by atoms with van der Waals surface area (Å²) in [5.74, 6) is -0.681. The van der Waals surface area contributed by atoms with Crippen LogP contribution in [-0.4, -0.2) is 152 Å². The third-order valence-electron chi connectivity index (χ3n) is 18.9. The third kappa shape index (κ3) is 9.95. The van der Waals surface area contributed by atoms with Crippen LogP contribution in [0.25, 0.3) is 0 Å². The van der Waals surface area contributed by atoms with Gasteiger partial charge in [-0.15, -0.1) is 0 Å². The first-order valence-electron chi connectivity index (χ1n) is 26.6. The molecule has 3 saturated heterocycles. The van der Waals surface area contributed by atoms with Crippen LogP contribution < -0.4 is 0 Å². The van der Waals surface area contributed by atoms with E-state index in [0.29, 0.717) is 49.1 Å². The Bertz CT molecular complexity index is 2130. The molecule has 3 aliphatic heterocycles. The Balaban J connectivity index is 0.842. The molecular weight excluding hydrogens is 929 g/mol. The monoisotopic (exact) mass is 1010 g/mol. The van der Waals surface area contributed by atoms with Crippen molar-refractivity contribution in [2.45, 2.75) is 210 Å². The summed E-state index contributed by atoms with van der Waals surface area (Å²) in [7, 11) is 4.70. The van der Waals surface area contributed by atoms with Crippen molar-refractivity contribution in [3.05, 3.63) is 71.8 Å². The van der Waals surface area contributed by atoms with Crippen molar-refractivity contribution in [1.82, 2.24) is 0 Å². The molecule has 9 rings (SSSR count). The lowest BCUT2D eigenvalue weighted by molar-refractivity contribution is -0.352. The van der Waals surface area contributed by atoms with Crippen LogP contribution in [0, 0.1) is 34.5 Å². The van der Waals surface area contributed by atoms with Crippen LogP contribution in [0.2, 0.25) is 0 Å². The first kappa shape index (κ1) is 53.7. The van der Waals surface area contributed by atoms with E-state index in [1.165, 1.54) is 7.11 Å². The highest BCUT2D eigenvalue weighted by Crippen LogP contribution is 2.70. The highest BCUT2D eigenvalue weighted by atomic mass is 16.8. The second-order valence-corrected chi connectivity index (χ2v) is 22.5. The highest BCUT2D eigenvalue weighted by molar-refractivity contribution is 5.90. The van der Waals surface area contributed by atoms with Crippen LogP contribution in [0.1, 0.15) is 126 Å². The molecule has 7 fully saturated rings. The van der Waals surface area contributed by atoms with Gasteiger partial charge in [0.25, 0.3) is 0 Å². The van der Waals surface area contributed by atoms with Crippen molar-refractivity contribution in [3.8, 4) is 0 Å². The van der Waals surface area contributed by atoms with E-state index in [1.807, 2.05) is 57.2 Å². The largest absolute Gasteiger partial charge is 0.459 e. The Kier molecular flexibility index (Phi) is 16.3. The number of benzene rings is 2. The van der Waals surface area contributed by atoms with E-state index in [2.05, 4.69) is 13.8 Å². The summed E-state index contributed by atoms with van der Waals surface area (Å²) < 4.78 is 68.7. The maximum atomic E-state index is 14.0. The lowest BCUT2D eigenvalue weighted by atomic mass is 9.42. The molecule has 400 valence electrons. The van der Waals surface area contributed by atoms with Crippen LogP contribution >= 0.6 is 0 Å². The third-order valence-corrected chi connectivity index (χ3v) is 18.9. The summed E-state index contributed by atoms with van der Waals surface area (Å²) in [5, 5.41) is 34.8. The summed E-state index contributed by atoms with van der Waals surface area (Å²) in [6, 6.07) is 18.0. The van der Waals surface area contributed by atoms with Crippen molar-refractivity contribution in [3.63, 3.8) is 0 Å². The van der Waals surface area contributed by atoms with E-state index in [9.17, 15) is 24.9 Å². The number of aliphatic hydroxyl groups excluding tert-OH is 2. The van der Waals surface area contributed by atoms with Gasteiger partial charge >= 0.3 is 11.9 Å². The average Bonchev–Trinajstić information content (AvgIpc) is 3.66. The molecule has 0 amide bonds. The smallest absolute Gasteiger partial charge is 0.338 e. The normalized spacial score (nSPS) is 45.5. The van der Waals surface area contributed by atoms with E-state index in [0.717, 1.165) is 32.1 Å². The maximum absolute atomic E-state index is 14.0. The Hall–Kier alpha value is -3.10. The number of fused-ring (bicyclic) bond motifs is 5. The van der Waals surface area contributed by atoms with Gasteiger partial charge in [0.1, 0.15) is 42.7 Å². The quantitative estimate of drug-likeness (QED) is 0.132. The van der Waals surface area contributed by atoms with Gasteiger partial charge in [0.2, 0.25) is 0 Å². The summed E-state index contributed by atoms with van der Waals surface area (Å²) in [5.41, 5.74) is -1.23. The average molecular weight is 1010 g/mol. The van der Waals surface area contributed by atoms with Gasteiger partial charge in [-0.25, -0.2) is 9.59 Å². The number of hydrogen-bond acceptors (Lipinski definition) is 16. The SMILES string of the molecule is CO[C@H]1[C@@H](O)[C@H](O[C@@H]2[C@@H](C)O[C@@H](O[C@H]3[C@@H](OC)C[C@H](O[C@H]4CC[C@@]5(C)[C@@H](CC[C@@H]6[C@@H]5C[C@@H](OC(=O)c5ccccc5)[C@]5(C)[C@@H]([C@@H](C)OC(=O)c7ccccc7)CC[C@]65O)C4)O[C@@H]3C)C[C@H]2OC)O[C@H](C)[C@H]1O. The molecule has 0 unspecified atom stereocenters. The van der Waals surface area contributed by atoms with Gasteiger partial charge in [-0.2, -0.15) is 0 Å². The predicted molar refractivity (Wildman–Crippen MR) is 260 cm³/mol. The van der Waals surface area contributed by atoms with Gasteiger partial charge in [0, 0.05) is 45.5 Å². The molecule has 16 heteroatoms. The van der Waals surface area contributed by atoms with Crippen LogP contribution in [0.4, 0.5) is 0 Å². The maximum Gasteiger partial charge on any atom is 0.338 e. The zero-order chi connectivity index (χ0) is 51.3. The summed E-state index contributed by atoms with van der Waals surface area (Å²) in [4.78, 5) is 27.4. The van der Waals surface area contributed by atoms with Crippen LogP contribution in [0.3, 0.4) is 0 Å². The van der Waals surface area contributed by atoms with Crippen LogP contribution in [-0.2, 0) is 52.1 Å². The fourth-order valence-corrected chi connectivity index (χ4v) is 14.8. The molecule has 3 N–H and O–H groups in total. The fourth-order valence-electron chi connectivity index (χ4n) is 14.8. The second-order valence-electron chi connectivity index (χ2n) is 22.5. The number of aliphatic hydroxyl groups is 3. The summed E-state index contributed by atoms with van der Waals surface area (Å²) in [6.45, 7) is 11.9. The molecule has 23 atom stereocenters. The summed E-state index contributed by atoms with van der Waals surface area (Å²) >= 11 is 0. The van der Waals surface area contributed by atoms with E-state index >= 15 is 0 Å². The molecule has 0 spiro atoms. The number of carbonyl (C=O) groups is 2. The van der Waals surface area contributed by atoms with Gasteiger partial charge in [0.15, 0.2) is 18.9 Å². The van der Waals surface area contributed by atoms with Crippen molar-refractivity contribution in [2.24, 2.45) is 34.5 Å². The molecular formula is C56H80O16. The standard InChI is InChI=1S/C56H80O16/c1-30(67-51(59)34-16-12-10-13-17-34)38-23-25-56(61)39-21-20-36-26-37(22-24-54(36,5)40(39)27-43(55(38,56)6)70-52(60)35-18-14-11-15-19-35)69-44-28-41(62-7)48(32(3)65-44)71-45-29-42(63-8)49(33(4)66-45)72-53-47(58)50(64-9)46(57)31(2)68-53/h10-19,30-33,36-50,53,57-58,61H,20-29H2,1-9H3/t30-,31-,32-,33-,36+,37+,38-,39-,40+,41+,42-,43-,44+,45+,46-,47-,48-,49-,50-,53+,54+,55+,56+/m1/s1. The predicted octanol–water partition coefficient (Wildman–Crippen LogP) is 6.78. The van der Waals surface area contributed by atoms with Crippen molar-refractivity contribution in [1.29, 1.82) is 0 Å². The highest BCUT2D eigenvalue weighted by Gasteiger charge is 2.72. The lowest BCUT2D eigenvalue weighted by Gasteiger charge is -2.65. The van der Waals surface area contributed by atoms with Crippen molar-refractivity contribution >= 4 is 11.9 Å². The minimum absolute atomic E-state index is 0.0215. The van der Waals surface area contributed by atoms with E-state index in [1.54, 1.807) is 45.4 Å².